The van der Waals surface area contributed by atoms with Crippen molar-refractivity contribution in [1.82, 2.24) is 20.1 Å². The standard InChI is InChI=1S/C18H23F2N5O2/c1-11-9-14(27-17(19)20)7-8-15(11)23-18(26)22-12(2)16-24-21-10-25(16)13-5-3-4-6-13/h7-10,12-13,17H,3-6H2,1-2H3,(H2,22,23,26)/t12-/m1/s1. The van der Waals surface area contributed by atoms with Crippen LogP contribution >= 0.6 is 0 Å². The van der Waals surface area contributed by atoms with Crippen LogP contribution in [0.25, 0.3) is 0 Å². The molecule has 2 amide bonds. The maximum Gasteiger partial charge on any atom is 0.387 e. The summed E-state index contributed by atoms with van der Waals surface area (Å²) in [5.41, 5.74) is 1.13. The number of anilines is 1. The maximum atomic E-state index is 12.3. The van der Waals surface area contributed by atoms with Gasteiger partial charge in [-0.25, -0.2) is 4.79 Å². The van der Waals surface area contributed by atoms with Crippen LogP contribution in [0.15, 0.2) is 24.5 Å². The van der Waals surface area contributed by atoms with E-state index in [1.54, 1.807) is 13.3 Å². The normalized spacial score (nSPS) is 15.7. The third-order valence-corrected chi connectivity index (χ3v) is 4.73. The summed E-state index contributed by atoms with van der Waals surface area (Å²) in [6.07, 6.45) is 6.28. The number of benzene rings is 1. The van der Waals surface area contributed by atoms with E-state index in [1.165, 1.54) is 31.0 Å². The summed E-state index contributed by atoms with van der Waals surface area (Å²) in [7, 11) is 0. The first-order chi connectivity index (χ1) is 12.9. The molecule has 0 aliphatic heterocycles. The summed E-state index contributed by atoms with van der Waals surface area (Å²) in [6.45, 7) is 0.667. The molecule has 0 spiro atoms. The summed E-state index contributed by atoms with van der Waals surface area (Å²) in [5, 5.41) is 13.7. The Morgan fingerprint density at radius 3 is 2.74 bits per heavy atom. The largest absolute Gasteiger partial charge is 0.435 e. The van der Waals surface area contributed by atoms with Crippen molar-refractivity contribution in [2.45, 2.75) is 58.2 Å². The molecule has 1 atom stereocenters. The van der Waals surface area contributed by atoms with Crippen molar-refractivity contribution in [1.29, 1.82) is 0 Å². The number of nitrogens with zero attached hydrogens (tertiary/aromatic N) is 3. The Kier molecular flexibility index (Phi) is 5.88. The lowest BCUT2D eigenvalue weighted by Gasteiger charge is -2.19. The molecule has 1 heterocycles. The highest BCUT2D eigenvalue weighted by Gasteiger charge is 2.23. The molecular weight excluding hydrogens is 356 g/mol. The van der Waals surface area contributed by atoms with Gasteiger partial charge < -0.3 is 19.9 Å². The number of rotatable bonds is 6. The molecular formula is C18H23F2N5O2. The first-order valence-electron chi connectivity index (χ1n) is 8.96. The Morgan fingerprint density at radius 2 is 2.07 bits per heavy atom. The Hall–Kier alpha value is -2.71. The molecule has 146 valence electrons. The molecule has 1 aliphatic carbocycles. The van der Waals surface area contributed by atoms with Gasteiger partial charge in [0.25, 0.3) is 0 Å². The van der Waals surface area contributed by atoms with Gasteiger partial charge in [-0.05, 0) is 50.5 Å². The van der Waals surface area contributed by atoms with Gasteiger partial charge in [-0.15, -0.1) is 10.2 Å². The third kappa shape index (κ3) is 4.72. The average molecular weight is 379 g/mol. The van der Waals surface area contributed by atoms with E-state index in [0.29, 0.717) is 17.3 Å². The molecule has 2 aromatic rings. The molecule has 27 heavy (non-hydrogen) atoms. The summed E-state index contributed by atoms with van der Waals surface area (Å²) < 4.78 is 30.9. The lowest BCUT2D eigenvalue weighted by atomic mass is 10.2. The van der Waals surface area contributed by atoms with Gasteiger partial charge in [-0.1, -0.05) is 12.8 Å². The minimum absolute atomic E-state index is 0.0477. The van der Waals surface area contributed by atoms with E-state index in [0.717, 1.165) is 18.7 Å². The van der Waals surface area contributed by atoms with Gasteiger partial charge in [0, 0.05) is 11.7 Å². The first kappa shape index (κ1) is 19.1. The highest BCUT2D eigenvalue weighted by atomic mass is 19.3. The zero-order chi connectivity index (χ0) is 19.4. The fourth-order valence-corrected chi connectivity index (χ4v) is 3.40. The fourth-order valence-electron chi connectivity index (χ4n) is 3.40. The Bertz CT molecular complexity index is 790. The van der Waals surface area contributed by atoms with Gasteiger partial charge in [0.05, 0.1) is 6.04 Å². The number of halogens is 2. The molecule has 0 radical (unpaired) electrons. The van der Waals surface area contributed by atoms with Gasteiger partial charge in [0.15, 0.2) is 5.82 Å². The van der Waals surface area contributed by atoms with E-state index in [1.807, 2.05) is 11.5 Å². The summed E-state index contributed by atoms with van der Waals surface area (Å²) in [4.78, 5) is 12.3. The van der Waals surface area contributed by atoms with Crippen molar-refractivity contribution in [2.24, 2.45) is 0 Å². The highest BCUT2D eigenvalue weighted by Crippen LogP contribution is 2.31. The van der Waals surface area contributed by atoms with Crippen LogP contribution in [0.5, 0.6) is 5.75 Å². The number of nitrogens with one attached hydrogen (secondary N) is 2. The van der Waals surface area contributed by atoms with Crippen LogP contribution < -0.4 is 15.4 Å². The third-order valence-electron chi connectivity index (χ3n) is 4.73. The zero-order valence-corrected chi connectivity index (χ0v) is 15.3. The first-order valence-corrected chi connectivity index (χ1v) is 8.96. The molecule has 2 N–H and O–H groups in total. The molecule has 1 aliphatic rings. The van der Waals surface area contributed by atoms with Crippen LogP contribution in [-0.2, 0) is 0 Å². The van der Waals surface area contributed by atoms with Gasteiger partial charge >= 0.3 is 12.6 Å². The van der Waals surface area contributed by atoms with E-state index < -0.39 is 12.6 Å². The van der Waals surface area contributed by atoms with Crippen molar-refractivity contribution in [3.63, 3.8) is 0 Å². The number of hydrogen-bond acceptors (Lipinski definition) is 4. The number of ether oxygens (including phenoxy) is 1. The molecule has 0 saturated heterocycles. The quantitative estimate of drug-likeness (QED) is 0.789. The van der Waals surface area contributed by atoms with E-state index in [2.05, 4.69) is 25.6 Å². The lowest BCUT2D eigenvalue weighted by molar-refractivity contribution is -0.0498. The summed E-state index contributed by atoms with van der Waals surface area (Å²) in [5.74, 6) is 0.765. The van der Waals surface area contributed by atoms with Gasteiger partial charge in [-0.3, -0.25) is 0 Å². The lowest BCUT2D eigenvalue weighted by Crippen LogP contribution is -2.33. The number of carbonyl (C=O) groups is 1. The van der Waals surface area contributed by atoms with Crippen molar-refractivity contribution in [3.05, 3.63) is 35.9 Å². The predicted octanol–water partition coefficient (Wildman–Crippen LogP) is 4.19. The van der Waals surface area contributed by atoms with Crippen LogP contribution in [0.2, 0.25) is 0 Å². The van der Waals surface area contributed by atoms with Crippen molar-refractivity contribution >= 4 is 11.7 Å². The Labute approximate surface area is 156 Å². The molecule has 0 unspecified atom stereocenters. The van der Waals surface area contributed by atoms with Crippen LogP contribution in [0.1, 0.15) is 56.1 Å². The highest BCUT2D eigenvalue weighted by molar-refractivity contribution is 5.90. The second-order valence-electron chi connectivity index (χ2n) is 6.71. The van der Waals surface area contributed by atoms with Crippen LogP contribution in [0.4, 0.5) is 19.3 Å². The molecule has 3 rings (SSSR count). The topological polar surface area (TPSA) is 81.1 Å². The molecule has 9 heteroatoms. The SMILES string of the molecule is Cc1cc(OC(F)F)ccc1NC(=O)N[C@H](C)c1nncn1C1CCCC1. The minimum atomic E-state index is -2.88. The molecule has 7 nitrogen and oxygen atoms in total. The average Bonchev–Trinajstić information content (AvgIpc) is 3.27. The number of urea groups is 1. The summed E-state index contributed by atoms with van der Waals surface area (Å²) in [6, 6.07) is 4.01. The maximum absolute atomic E-state index is 12.3. The molecule has 1 saturated carbocycles. The van der Waals surface area contributed by atoms with E-state index in [4.69, 9.17) is 0 Å². The number of carbonyl (C=O) groups excluding carboxylic acids is 1. The molecule has 1 aromatic carbocycles. The van der Waals surface area contributed by atoms with E-state index in [-0.39, 0.29) is 11.8 Å². The number of amides is 2. The molecule has 0 bridgehead atoms. The zero-order valence-electron chi connectivity index (χ0n) is 15.3. The van der Waals surface area contributed by atoms with Crippen LogP contribution in [-0.4, -0.2) is 27.4 Å². The van der Waals surface area contributed by atoms with E-state index >= 15 is 0 Å². The van der Waals surface area contributed by atoms with Crippen molar-refractivity contribution in [3.8, 4) is 5.75 Å². The van der Waals surface area contributed by atoms with Crippen LogP contribution in [0, 0.1) is 6.92 Å². The monoisotopic (exact) mass is 379 g/mol. The van der Waals surface area contributed by atoms with Crippen LogP contribution in [0.3, 0.4) is 0 Å². The number of alkyl halides is 2. The number of hydrogen-bond donors (Lipinski definition) is 2. The van der Waals surface area contributed by atoms with Gasteiger partial charge in [-0.2, -0.15) is 8.78 Å². The minimum Gasteiger partial charge on any atom is -0.435 e. The van der Waals surface area contributed by atoms with Gasteiger partial charge in [0.1, 0.15) is 12.1 Å². The Morgan fingerprint density at radius 1 is 1.33 bits per heavy atom. The molecule has 1 aromatic heterocycles. The van der Waals surface area contributed by atoms with E-state index in [9.17, 15) is 13.6 Å². The van der Waals surface area contributed by atoms with Gasteiger partial charge in [0.2, 0.25) is 0 Å². The smallest absolute Gasteiger partial charge is 0.387 e. The number of aromatic nitrogens is 3. The second-order valence-corrected chi connectivity index (χ2v) is 6.71. The van der Waals surface area contributed by atoms with Crippen molar-refractivity contribution < 1.29 is 18.3 Å². The Balaban J connectivity index is 1.62. The van der Waals surface area contributed by atoms with Crippen molar-refractivity contribution in [2.75, 3.05) is 5.32 Å². The second kappa shape index (κ2) is 8.32. The fraction of sp³-hybridized carbons (Fsp3) is 0.500. The number of aryl methyl sites for hydroxylation is 1. The summed E-state index contributed by atoms with van der Waals surface area (Å²) >= 11 is 0. The predicted molar refractivity (Wildman–Crippen MR) is 95.9 cm³/mol. The molecule has 1 fully saturated rings.